The Morgan fingerprint density at radius 2 is 1.68 bits per heavy atom. The van der Waals surface area contributed by atoms with Gasteiger partial charge in [0, 0.05) is 30.3 Å². The molecule has 1 N–H and O–H groups in total. The van der Waals surface area contributed by atoms with E-state index in [0.29, 0.717) is 34.9 Å². The summed E-state index contributed by atoms with van der Waals surface area (Å²) in [7, 11) is -3.22. The standard InChI is InChI=1S/C20H18ClN3O3S/c21-19-9-8-17(23-10-1-2-11-23)14-18(19)20(25)22-15-4-6-16(7-5-15)24-12-3-13-28(24,26)27/h1-2,4-11,14H,3,12-13H2,(H,22,25). The molecule has 1 aliphatic heterocycles. The molecule has 0 atom stereocenters. The number of amides is 1. The Hall–Kier alpha value is -2.77. The van der Waals surface area contributed by atoms with Gasteiger partial charge in [0.05, 0.1) is 22.0 Å². The molecular weight excluding hydrogens is 398 g/mol. The minimum Gasteiger partial charge on any atom is -0.324 e. The highest BCUT2D eigenvalue weighted by atomic mass is 35.5. The van der Waals surface area contributed by atoms with Gasteiger partial charge >= 0.3 is 0 Å². The number of hydrogen-bond donors (Lipinski definition) is 1. The van der Waals surface area contributed by atoms with Crippen molar-refractivity contribution in [2.24, 2.45) is 0 Å². The number of aromatic nitrogens is 1. The van der Waals surface area contributed by atoms with Gasteiger partial charge in [-0.15, -0.1) is 0 Å². The number of benzene rings is 2. The first-order valence-corrected chi connectivity index (χ1v) is 10.8. The van der Waals surface area contributed by atoms with E-state index < -0.39 is 10.0 Å². The molecule has 0 aliphatic carbocycles. The number of carbonyl (C=O) groups is 1. The highest BCUT2D eigenvalue weighted by Crippen LogP contribution is 2.26. The van der Waals surface area contributed by atoms with E-state index in [-0.39, 0.29) is 11.7 Å². The van der Waals surface area contributed by atoms with E-state index in [0.717, 1.165) is 5.69 Å². The maximum Gasteiger partial charge on any atom is 0.257 e. The van der Waals surface area contributed by atoms with Gasteiger partial charge in [0.1, 0.15) is 0 Å². The maximum absolute atomic E-state index is 12.7. The monoisotopic (exact) mass is 415 g/mol. The number of anilines is 2. The number of carbonyl (C=O) groups excluding carboxylic acids is 1. The first-order chi connectivity index (χ1) is 13.4. The number of nitrogens with one attached hydrogen (secondary N) is 1. The Labute approximate surface area is 168 Å². The fourth-order valence-corrected chi connectivity index (χ4v) is 4.96. The van der Waals surface area contributed by atoms with Crippen molar-refractivity contribution >= 4 is 38.9 Å². The normalized spacial score (nSPS) is 15.5. The summed E-state index contributed by atoms with van der Waals surface area (Å²) in [6.45, 7) is 0.482. The van der Waals surface area contributed by atoms with Gasteiger partial charge in [-0.25, -0.2) is 8.42 Å². The van der Waals surface area contributed by atoms with E-state index in [9.17, 15) is 13.2 Å². The van der Waals surface area contributed by atoms with Crippen LogP contribution in [-0.4, -0.2) is 31.2 Å². The minimum absolute atomic E-state index is 0.168. The topological polar surface area (TPSA) is 71.4 Å². The molecule has 0 bridgehead atoms. The average Bonchev–Trinajstić information content (AvgIpc) is 3.32. The molecule has 4 rings (SSSR count). The zero-order chi connectivity index (χ0) is 19.7. The number of sulfonamides is 1. The van der Waals surface area contributed by atoms with Gasteiger partial charge in [0.25, 0.3) is 5.91 Å². The van der Waals surface area contributed by atoms with Crippen molar-refractivity contribution in [2.45, 2.75) is 6.42 Å². The van der Waals surface area contributed by atoms with E-state index in [4.69, 9.17) is 11.6 Å². The Balaban J connectivity index is 1.53. The molecule has 1 aromatic heterocycles. The molecule has 28 heavy (non-hydrogen) atoms. The quantitative estimate of drug-likeness (QED) is 0.701. The van der Waals surface area contributed by atoms with Crippen molar-refractivity contribution in [1.82, 2.24) is 4.57 Å². The SMILES string of the molecule is O=C(Nc1ccc(N2CCCS2(=O)=O)cc1)c1cc(-n2cccc2)ccc1Cl. The first-order valence-electron chi connectivity index (χ1n) is 8.79. The summed E-state index contributed by atoms with van der Waals surface area (Å²) in [6, 6.07) is 15.8. The van der Waals surface area contributed by atoms with Gasteiger partial charge in [-0.3, -0.25) is 9.10 Å². The summed E-state index contributed by atoms with van der Waals surface area (Å²) < 4.78 is 27.3. The highest BCUT2D eigenvalue weighted by Gasteiger charge is 2.28. The van der Waals surface area contributed by atoms with Crippen LogP contribution in [0.1, 0.15) is 16.8 Å². The third kappa shape index (κ3) is 3.63. The number of halogens is 1. The fourth-order valence-electron chi connectivity index (χ4n) is 3.19. The van der Waals surface area contributed by atoms with Gasteiger partial charge in [0.2, 0.25) is 10.0 Å². The van der Waals surface area contributed by atoms with Gasteiger partial charge in [-0.2, -0.15) is 0 Å². The van der Waals surface area contributed by atoms with Crippen molar-refractivity contribution < 1.29 is 13.2 Å². The Morgan fingerprint density at radius 1 is 1.00 bits per heavy atom. The second-order valence-electron chi connectivity index (χ2n) is 6.50. The molecule has 0 saturated carbocycles. The lowest BCUT2D eigenvalue weighted by Gasteiger charge is -2.17. The number of rotatable bonds is 4. The summed E-state index contributed by atoms with van der Waals surface area (Å²) in [5.41, 5.74) is 2.35. The molecule has 6 nitrogen and oxygen atoms in total. The third-order valence-corrected chi connectivity index (χ3v) is 6.81. The van der Waals surface area contributed by atoms with Gasteiger partial charge < -0.3 is 9.88 Å². The van der Waals surface area contributed by atoms with Crippen molar-refractivity contribution in [3.63, 3.8) is 0 Å². The Morgan fingerprint density at radius 3 is 2.32 bits per heavy atom. The van der Waals surface area contributed by atoms with E-state index >= 15 is 0 Å². The Kier molecular flexibility index (Phi) is 4.87. The third-order valence-electron chi connectivity index (χ3n) is 4.61. The molecule has 1 amide bonds. The summed E-state index contributed by atoms with van der Waals surface area (Å²) in [5, 5.41) is 3.16. The van der Waals surface area contributed by atoms with Crippen molar-refractivity contribution in [1.29, 1.82) is 0 Å². The molecule has 0 spiro atoms. The molecule has 144 valence electrons. The largest absolute Gasteiger partial charge is 0.324 e. The molecule has 0 radical (unpaired) electrons. The second kappa shape index (κ2) is 7.33. The summed E-state index contributed by atoms with van der Waals surface area (Å²) in [5.74, 6) is -0.164. The van der Waals surface area contributed by atoms with Crippen LogP contribution in [0.25, 0.3) is 5.69 Å². The van der Waals surface area contributed by atoms with Crippen molar-refractivity contribution in [3.8, 4) is 5.69 Å². The molecule has 1 fully saturated rings. The van der Waals surface area contributed by atoms with Gasteiger partial charge in [-0.05, 0) is 61.0 Å². The zero-order valence-electron chi connectivity index (χ0n) is 14.9. The smallest absolute Gasteiger partial charge is 0.257 e. The fraction of sp³-hybridized carbons (Fsp3) is 0.150. The van der Waals surface area contributed by atoms with E-state index in [2.05, 4.69) is 5.32 Å². The van der Waals surface area contributed by atoms with E-state index in [1.807, 2.05) is 35.2 Å². The van der Waals surface area contributed by atoms with Gasteiger partial charge in [-0.1, -0.05) is 11.6 Å². The van der Waals surface area contributed by atoms with Crippen LogP contribution in [-0.2, 0) is 10.0 Å². The van der Waals surface area contributed by atoms with Crippen LogP contribution in [0, 0.1) is 0 Å². The lowest BCUT2D eigenvalue weighted by Crippen LogP contribution is -2.25. The van der Waals surface area contributed by atoms with Gasteiger partial charge in [0.15, 0.2) is 0 Å². The van der Waals surface area contributed by atoms with Crippen LogP contribution in [0.4, 0.5) is 11.4 Å². The highest BCUT2D eigenvalue weighted by molar-refractivity contribution is 7.93. The van der Waals surface area contributed by atoms with Crippen LogP contribution in [0.3, 0.4) is 0 Å². The summed E-state index contributed by atoms with van der Waals surface area (Å²) >= 11 is 6.22. The molecule has 3 aromatic rings. The first kappa shape index (κ1) is 18.6. The lowest BCUT2D eigenvalue weighted by molar-refractivity contribution is 0.102. The van der Waals surface area contributed by atoms with Crippen LogP contribution in [0.5, 0.6) is 0 Å². The van der Waals surface area contributed by atoms with Crippen LogP contribution < -0.4 is 9.62 Å². The molecular formula is C20H18ClN3O3S. The predicted molar refractivity (Wildman–Crippen MR) is 111 cm³/mol. The summed E-state index contributed by atoms with van der Waals surface area (Å²) in [4.78, 5) is 12.7. The Bertz CT molecular complexity index is 1110. The lowest BCUT2D eigenvalue weighted by atomic mass is 10.1. The van der Waals surface area contributed by atoms with E-state index in [1.54, 1.807) is 36.4 Å². The summed E-state index contributed by atoms with van der Waals surface area (Å²) in [6.07, 6.45) is 4.39. The van der Waals surface area contributed by atoms with Crippen molar-refractivity contribution in [2.75, 3.05) is 21.9 Å². The minimum atomic E-state index is -3.22. The van der Waals surface area contributed by atoms with E-state index in [1.165, 1.54) is 4.31 Å². The average molecular weight is 416 g/mol. The van der Waals surface area contributed by atoms with Crippen LogP contribution in [0.2, 0.25) is 5.02 Å². The second-order valence-corrected chi connectivity index (χ2v) is 8.92. The molecule has 0 unspecified atom stereocenters. The van der Waals surface area contributed by atoms with Crippen molar-refractivity contribution in [3.05, 3.63) is 77.6 Å². The molecule has 8 heteroatoms. The van der Waals surface area contributed by atoms with Crippen LogP contribution >= 0.6 is 11.6 Å². The molecule has 1 aliphatic rings. The predicted octanol–water partition coefficient (Wildman–Crippen LogP) is 3.92. The zero-order valence-corrected chi connectivity index (χ0v) is 16.4. The molecule has 1 saturated heterocycles. The molecule has 2 aromatic carbocycles. The molecule has 2 heterocycles. The van der Waals surface area contributed by atoms with Crippen LogP contribution in [0.15, 0.2) is 67.0 Å². The number of hydrogen-bond acceptors (Lipinski definition) is 3. The number of nitrogens with zero attached hydrogens (tertiary/aromatic N) is 2. The maximum atomic E-state index is 12.7.